The van der Waals surface area contributed by atoms with Gasteiger partial charge in [0.1, 0.15) is 0 Å². The summed E-state index contributed by atoms with van der Waals surface area (Å²) in [5.74, 6) is -1.15. The van der Waals surface area contributed by atoms with Crippen molar-refractivity contribution in [2.45, 2.75) is 37.6 Å². The van der Waals surface area contributed by atoms with Crippen molar-refractivity contribution < 1.29 is 23.4 Å². The molecule has 0 bridgehead atoms. The molecule has 0 saturated carbocycles. The molecule has 0 aliphatic rings. The summed E-state index contributed by atoms with van der Waals surface area (Å²) in [4.78, 5) is 15.9. The number of benzene rings is 1. The average molecular weight is 404 g/mol. The van der Waals surface area contributed by atoms with E-state index in [0.717, 1.165) is 0 Å². The molecule has 1 aromatic heterocycles. The average Bonchev–Trinajstić information content (AvgIpc) is 2.60. The van der Waals surface area contributed by atoms with E-state index in [1.165, 1.54) is 18.3 Å². The molecule has 0 aliphatic heterocycles. The van der Waals surface area contributed by atoms with E-state index in [1.807, 2.05) is 0 Å². The van der Waals surface area contributed by atoms with Crippen molar-refractivity contribution in [3.8, 4) is 0 Å². The van der Waals surface area contributed by atoms with Gasteiger partial charge in [0.05, 0.1) is 4.90 Å². The van der Waals surface area contributed by atoms with Crippen LogP contribution >= 0.6 is 0 Å². The first-order valence-electron chi connectivity index (χ1n) is 8.67. The molecule has 8 heteroatoms. The Labute approximate surface area is 164 Å². The molecule has 0 saturated heterocycles. The number of pyridine rings is 1. The molecule has 28 heavy (non-hydrogen) atoms. The SMILES string of the molecule is CC(C)(C)NS(=O)(=O)c1ccc(/C(=C(\CCO)C(=O)O)c2cccnc2)cc1. The third kappa shape index (κ3) is 5.48. The molecule has 0 atom stereocenters. The third-order valence-electron chi connectivity index (χ3n) is 3.77. The van der Waals surface area contributed by atoms with Crippen LogP contribution in [0.3, 0.4) is 0 Å². The van der Waals surface area contributed by atoms with Gasteiger partial charge in [-0.05, 0) is 44.5 Å². The number of hydrogen-bond acceptors (Lipinski definition) is 5. The lowest BCUT2D eigenvalue weighted by atomic mass is 9.92. The molecule has 0 unspecified atom stereocenters. The number of sulfonamides is 1. The Morgan fingerprint density at radius 1 is 1.11 bits per heavy atom. The van der Waals surface area contributed by atoms with Crippen molar-refractivity contribution >= 4 is 21.6 Å². The van der Waals surface area contributed by atoms with Crippen LogP contribution in [0.1, 0.15) is 38.3 Å². The van der Waals surface area contributed by atoms with Crippen LogP contribution in [-0.4, -0.2) is 41.7 Å². The number of carboxylic acids is 1. The quantitative estimate of drug-likeness (QED) is 0.610. The summed E-state index contributed by atoms with van der Waals surface area (Å²) in [6, 6.07) is 9.37. The summed E-state index contributed by atoms with van der Waals surface area (Å²) >= 11 is 0. The maximum absolute atomic E-state index is 12.5. The van der Waals surface area contributed by atoms with Crippen molar-refractivity contribution in [3.63, 3.8) is 0 Å². The first-order valence-corrected chi connectivity index (χ1v) is 10.2. The van der Waals surface area contributed by atoms with Gasteiger partial charge in [-0.3, -0.25) is 4.98 Å². The Hall–Kier alpha value is -2.55. The molecular formula is C20H24N2O5S. The fraction of sp³-hybridized carbons (Fsp3) is 0.300. The topological polar surface area (TPSA) is 117 Å². The second kappa shape index (κ2) is 8.64. The number of nitrogens with zero attached hydrogens (tertiary/aromatic N) is 1. The monoisotopic (exact) mass is 404 g/mol. The molecule has 0 spiro atoms. The number of hydrogen-bond donors (Lipinski definition) is 3. The molecule has 1 heterocycles. The maximum atomic E-state index is 12.5. The van der Waals surface area contributed by atoms with Gasteiger partial charge < -0.3 is 10.2 Å². The second-order valence-corrected chi connectivity index (χ2v) is 8.94. The molecule has 0 amide bonds. The molecule has 2 aromatic rings. The minimum Gasteiger partial charge on any atom is -0.478 e. The molecule has 150 valence electrons. The minimum atomic E-state index is -3.71. The van der Waals surface area contributed by atoms with Gasteiger partial charge >= 0.3 is 5.97 Å². The summed E-state index contributed by atoms with van der Waals surface area (Å²) < 4.78 is 27.5. The van der Waals surface area contributed by atoms with Crippen molar-refractivity contribution in [2.75, 3.05) is 6.61 Å². The molecule has 2 rings (SSSR count). The summed E-state index contributed by atoms with van der Waals surface area (Å²) in [6.07, 6.45) is 3.05. The molecule has 0 radical (unpaired) electrons. The van der Waals surface area contributed by atoms with Gasteiger partial charge in [0.2, 0.25) is 10.0 Å². The fourth-order valence-corrected chi connectivity index (χ4v) is 4.16. The smallest absolute Gasteiger partial charge is 0.332 e. The lowest BCUT2D eigenvalue weighted by Crippen LogP contribution is -2.40. The molecule has 1 aromatic carbocycles. The van der Waals surface area contributed by atoms with Gasteiger partial charge in [0, 0.05) is 47.7 Å². The van der Waals surface area contributed by atoms with Crippen LogP contribution in [0, 0.1) is 0 Å². The molecular weight excluding hydrogens is 380 g/mol. The number of aliphatic hydroxyl groups is 1. The molecule has 0 fully saturated rings. The Balaban J connectivity index is 2.57. The first kappa shape index (κ1) is 21.7. The summed E-state index contributed by atoms with van der Waals surface area (Å²) in [6.45, 7) is 4.91. The highest BCUT2D eigenvalue weighted by Gasteiger charge is 2.23. The predicted octanol–water partition coefficient (Wildman–Crippen LogP) is 2.43. The van der Waals surface area contributed by atoms with Gasteiger partial charge in [0.15, 0.2) is 0 Å². The lowest BCUT2D eigenvalue weighted by Gasteiger charge is -2.20. The molecule has 0 aliphatic carbocycles. The summed E-state index contributed by atoms with van der Waals surface area (Å²) in [5.41, 5.74) is 0.877. The largest absolute Gasteiger partial charge is 0.478 e. The zero-order valence-corrected chi connectivity index (χ0v) is 16.8. The third-order valence-corrected chi connectivity index (χ3v) is 5.54. The Morgan fingerprint density at radius 2 is 1.75 bits per heavy atom. The van der Waals surface area contributed by atoms with Crippen LogP contribution < -0.4 is 4.72 Å². The van der Waals surface area contributed by atoms with E-state index in [-0.39, 0.29) is 23.5 Å². The summed E-state index contributed by atoms with van der Waals surface area (Å²) in [5, 5.41) is 18.9. The van der Waals surface area contributed by atoms with Gasteiger partial charge in [0.25, 0.3) is 0 Å². The second-order valence-electron chi connectivity index (χ2n) is 7.25. The molecule has 7 nitrogen and oxygen atoms in total. The predicted molar refractivity (Wildman–Crippen MR) is 106 cm³/mol. The van der Waals surface area contributed by atoms with Crippen LogP contribution in [-0.2, 0) is 14.8 Å². The van der Waals surface area contributed by atoms with E-state index in [4.69, 9.17) is 0 Å². The van der Waals surface area contributed by atoms with Crippen LogP contribution in [0.15, 0.2) is 59.3 Å². The van der Waals surface area contributed by atoms with E-state index >= 15 is 0 Å². The van der Waals surface area contributed by atoms with E-state index in [0.29, 0.717) is 16.7 Å². The van der Waals surface area contributed by atoms with E-state index in [9.17, 15) is 23.4 Å². The highest BCUT2D eigenvalue weighted by Crippen LogP contribution is 2.29. The normalized spacial score (nSPS) is 13.1. The van der Waals surface area contributed by atoms with E-state index in [1.54, 1.807) is 51.2 Å². The number of aliphatic carboxylic acids is 1. The Kier molecular flexibility index (Phi) is 6.71. The van der Waals surface area contributed by atoms with Gasteiger partial charge in [-0.2, -0.15) is 0 Å². The molecule has 3 N–H and O–H groups in total. The number of aliphatic hydroxyl groups excluding tert-OH is 1. The highest BCUT2D eigenvalue weighted by atomic mass is 32.2. The Bertz CT molecular complexity index is 960. The minimum absolute atomic E-state index is 0.0268. The van der Waals surface area contributed by atoms with Crippen molar-refractivity contribution in [3.05, 3.63) is 65.5 Å². The first-order chi connectivity index (χ1) is 13.0. The van der Waals surface area contributed by atoms with Gasteiger partial charge in [-0.15, -0.1) is 0 Å². The maximum Gasteiger partial charge on any atom is 0.332 e. The Morgan fingerprint density at radius 3 is 2.21 bits per heavy atom. The number of rotatable bonds is 7. The number of carbonyl (C=O) groups is 1. The van der Waals surface area contributed by atoms with Crippen LogP contribution in [0.4, 0.5) is 0 Å². The van der Waals surface area contributed by atoms with E-state index < -0.39 is 21.5 Å². The van der Waals surface area contributed by atoms with Crippen LogP contribution in [0.5, 0.6) is 0 Å². The van der Waals surface area contributed by atoms with E-state index in [2.05, 4.69) is 9.71 Å². The van der Waals surface area contributed by atoms with Crippen molar-refractivity contribution in [2.24, 2.45) is 0 Å². The van der Waals surface area contributed by atoms with Crippen molar-refractivity contribution in [1.82, 2.24) is 9.71 Å². The standard InChI is InChI=1S/C20H24N2O5S/c1-20(2,3)22-28(26,27)16-8-6-14(7-9-16)18(15-5-4-11-21-13-15)17(10-12-23)19(24)25/h4-9,11,13,22-23H,10,12H2,1-3H3,(H,24,25)/b18-17-. The van der Waals surface area contributed by atoms with Gasteiger partial charge in [-0.1, -0.05) is 18.2 Å². The number of carboxylic acid groups (broad SMARTS) is 1. The summed E-state index contributed by atoms with van der Waals surface area (Å²) in [7, 11) is -3.71. The fourth-order valence-electron chi connectivity index (χ4n) is 2.74. The highest BCUT2D eigenvalue weighted by molar-refractivity contribution is 7.89. The van der Waals surface area contributed by atoms with Crippen LogP contribution in [0.25, 0.3) is 5.57 Å². The zero-order chi connectivity index (χ0) is 20.9. The number of aromatic nitrogens is 1. The lowest BCUT2D eigenvalue weighted by molar-refractivity contribution is -0.132. The van der Waals surface area contributed by atoms with Crippen LogP contribution in [0.2, 0.25) is 0 Å². The van der Waals surface area contributed by atoms with Crippen molar-refractivity contribution in [1.29, 1.82) is 0 Å². The van der Waals surface area contributed by atoms with Gasteiger partial charge in [-0.25, -0.2) is 17.9 Å². The zero-order valence-electron chi connectivity index (χ0n) is 16.0. The number of nitrogens with one attached hydrogen (secondary N) is 1.